The van der Waals surface area contributed by atoms with E-state index in [1.807, 2.05) is 0 Å². The first-order valence-corrected chi connectivity index (χ1v) is 7.37. The van der Waals surface area contributed by atoms with Crippen LogP contribution < -0.4 is 5.32 Å². The minimum Gasteiger partial charge on any atom is -0.378 e. The van der Waals surface area contributed by atoms with Crippen molar-refractivity contribution >= 4 is 0 Å². The number of hydrogen-bond donors (Lipinski definition) is 1. The normalized spacial score (nSPS) is 29.9. The maximum Gasteiger partial charge on any atom is 0.126 e. The molecule has 1 aliphatic carbocycles. The maximum absolute atomic E-state index is 13.4. The Hall–Kier alpha value is -1.00. The van der Waals surface area contributed by atoms with E-state index in [4.69, 9.17) is 4.74 Å². The zero-order chi connectivity index (χ0) is 14.2. The molecule has 1 aliphatic heterocycles. The molecule has 0 amide bonds. The van der Waals surface area contributed by atoms with Gasteiger partial charge in [0.05, 0.1) is 6.10 Å². The second kappa shape index (κ2) is 5.41. The Balaban J connectivity index is 1.77. The lowest BCUT2D eigenvalue weighted by Crippen LogP contribution is -2.42. The number of halogens is 2. The fourth-order valence-corrected chi connectivity index (χ4v) is 3.10. The Kier molecular flexibility index (Phi) is 3.78. The molecule has 2 unspecified atom stereocenters. The number of ether oxygens (including phenoxy) is 1. The molecule has 2 atom stereocenters. The van der Waals surface area contributed by atoms with Gasteiger partial charge in [-0.2, -0.15) is 0 Å². The third kappa shape index (κ3) is 3.01. The molecule has 1 aromatic carbocycles. The molecule has 2 aliphatic rings. The summed E-state index contributed by atoms with van der Waals surface area (Å²) in [6.07, 6.45) is 4.18. The Morgan fingerprint density at radius 2 is 1.95 bits per heavy atom. The van der Waals surface area contributed by atoms with Gasteiger partial charge in [-0.05, 0) is 50.3 Å². The lowest BCUT2D eigenvalue weighted by atomic mass is 9.76. The van der Waals surface area contributed by atoms with Gasteiger partial charge >= 0.3 is 0 Å². The van der Waals surface area contributed by atoms with Crippen molar-refractivity contribution in [2.24, 2.45) is 5.41 Å². The summed E-state index contributed by atoms with van der Waals surface area (Å²) in [7, 11) is 0. The van der Waals surface area contributed by atoms with Gasteiger partial charge in [-0.15, -0.1) is 0 Å². The Bertz CT molecular complexity index is 469. The summed E-state index contributed by atoms with van der Waals surface area (Å²) < 4.78 is 32.4. The van der Waals surface area contributed by atoms with Crippen LogP contribution in [0.1, 0.15) is 31.7 Å². The second-order valence-corrected chi connectivity index (χ2v) is 6.24. The molecule has 0 radical (unpaired) electrons. The van der Waals surface area contributed by atoms with Crippen LogP contribution in [0, 0.1) is 17.0 Å². The first-order chi connectivity index (χ1) is 9.57. The molecular formula is C16H21F2NO. The van der Waals surface area contributed by atoms with Gasteiger partial charge in [0, 0.05) is 30.7 Å². The van der Waals surface area contributed by atoms with E-state index in [0.717, 1.165) is 31.2 Å². The molecule has 20 heavy (non-hydrogen) atoms. The molecule has 110 valence electrons. The molecule has 0 aromatic heterocycles. The summed E-state index contributed by atoms with van der Waals surface area (Å²) in [6.45, 7) is 3.65. The van der Waals surface area contributed by atoms with E-state index in [9.17, 15) is 8.78 Å². The second-order valence-electron chi connectivity index (χ2n) is 6.24. The summed E-state index contributed by atoms with van der Waals surface area (Å²) in [5.74, 6) is -1.01. The average molecular weight is 281 g/mol. The standard InChI is InChI=1S/C16H21F2NO/c1-11-16(4-5-20-11,10-19-15-2-3-15)9-12-6-13(17)8-14(18)7-12/h6-8,11,15,19H,2-5,9-10H2,1H3. The number of nitrogens with one attached hydrogen (secondary N) is 1. The minimum atomic E-state index is -0.503. The first kappa shape index (κ1) is 14.0. The van der Waals surface area contributed by atoms with E-state index in [-0.39, 0.29) is 11.5 Å². The van der Waals surface area contributed by atoms with Gasteiger partial charge in [-0.1, -0.05) is 0 Å². The van der Waals surface area contributed by atoms with E-state index in [0.29, 0.717) is 12.5 Å². The van der Waals surface area contributed by atoms with Gasteiger partial charge in [0.1, 0.15) is 11.6 Å². The summed E-state index contributed by atoms with van der Waals surface area (Å²) >= 11 is 0. The lowest BCUT2D eigenvalue weighted by Gasteiger charge is -2.33. The van der Waals surface area contributed by atoms with Crippen LogP contribution in [0.3, 0.4) is 0 Å². The van der Waals surface area contributed by atoms with Crippen LogP contribution >= 0.6 is 0 Å². The predicted octanol–water partition coefficient (Wildman–Crippen LogP) is 3.05. The highest BCUT2D eigenvalue weighted by atomic mass is 19.1. The molecule has 4 heteroatoms. The van der Waals surface area contributed by atoms with Crippen LogP contribution in [-0.2, 0) is 11.2 Å². The highest BCUT2D eigenvalue weighted by Crippen LogP contribution is 2.38. The van der Waals surface area contributed by atoms with Crippen LogP contribution in [0.5, 0.6) is 0 Å². The van der Waals surface area contributed by atoms with E-state index in [2.05, 4.69) is 12.2 Å². The van der Waals surface area contributed by atoms with Gasteiger partial charge in [-0.25, -0.2) is 8.78 Å². The quantitative estimate of drug-likeness (QED) is 0.895. The zero-order valence-corrected chi connectivity index (χ0v) is 11.8. The van der Waals surface area contributed by atoms with Crippen LogP contribution in [0.4, 0.5) is 8.78 Å². The molecule has 1 N–H and O–H groups in total. The predicted molar refractivity (Wildman–Crippen MR) is 73.6 cm³/mol. The fourth-order valence-electron chi connectivity index (χ4n) is 3.10. The smallest absolute Gasteiger partial charge is 0.126 e. The van der Waals surface area contributed by atoms with E-state index in [1.165, 1.54) is 25.0 Å². The molecule has 2 nitrogen and oxygen atoms in total. The van der Waals surface area contributed by atoms with Gasteiger partial charge in [-0.3, -0.25) is 0 Å². The molecule has 2 fully saturated rings. The zero-order valence-electron chi connectivity index (χ0n) is 11.8. The monoisotopic (exact) mass is 281 g/mol. The fraction of sp³-hybridized carbons (Fsp3) is 0.625. The number of rotatable bonds is 5. The largest absolute Gasteiger partial charge is 0.378 e. The van der Waals surface area contributed by atoms with Crippen LogP contribution in [0.25, 0.3) is 0 Å². The molecular weight excluding hydrogens is 260 g/mol. The Morgan fingerprint density at radius 3 is 2.50 bits per heavy atom. The van der Waals surface area contributed by atoms with Crippen molar-refractivity contribution in [3.05, 3.63) is 35.4 Å². The molecule has 0 bridgehead atoms. The summed E-state index contributed by atoms with van der Waals surface area (Å²) in [5, 5.41) is 3.55. The molecule has 1 saturated carbocycles. The van der Waals surface area contributed by atoms with Gasteiger partial charge in [0.2, 0.25) is 0 Å². The summed E-state index contributed by atoms with van der Waals surface area (Å²) in [6, 6.07) is 4.43. The summed E-state index contributed by atoms with van der Waals surface area (Å²) in [4.78, 5) is 0. The molecule has 1 heterocycles. The van der Waals surface area contributed by atoms with Crippen molar-refractivity contribution in [3.63, 3.8) is 0 Å². The third-order valence-electron chi connectivity index (χ3n) is 4.63. The van der Waals surface area contributed by atoms with Gasteiger partial charge in [0.15, 0.2) is 0 Å². The van der Waals surface area contributed by atoms with Gasteiger partial charge in [0.25, 0.3) is 0 Å². The molecule has 3 rings (SSSR count). The van der Waals surface area contributed by atoms with E-state index >= 15 is 0 Å². The van der Waals surface area contributed by atoms with Crippen LogP contribution in [0.2, 0.25) is 0 Å². The number of hydrogen-bond acceptors (Lipinski definition) is 2. The van der Waals surface area contributed by atoms with Crippen molar-refractivity contribution < 1.29 is 13.5 Å². The van der Waals surface area contributed by atoms with E-state index < -0.39 is 11.6 Å². The lowest BCUT2D eigenvalue weighted by molar-refractivity contribution is 0.0627. The first-order valence-electron chi connectivity index (χ1n) is 7.37. The van der Waals surface area contributed by atoms with Gasteiger partial charge < -0.3 is 10.1 Å². The number of benzene rings is 1. The van der Waals surface area contributed by atoms with E-state index in [1.54, 1.807) is 0 Å². The molecule has 0 spiro atoms. The van der Waals surface area contributed by atoms with Crippen LogP contribution in [0.15, 0.2) is 18.2 Å². The highest BCUT2D eigenvalue weighted by Gasteiger charge is 2.42. The maximum atomic E-state index is 13.4. The van der Waals surface area contributed by atoms with Crippen molar-refractivity contribution in [3.8, 4) is 0 Å². The van der Waals surface area contributed by atoms with Crippen molar-refractivity contribution in [2.45, 2.75) is 44.8 Å². The average Bonchev–Trinajstić information content (AvgIpc) is 3.12. The summed E-state index contributed by atoms with van der Waals surface area (Å²) in [5.41, 5.74) is 0.667. The highest BCUT2D eigenvalue weighted by molar-refractivity contribution is 5.20. The SMILES string of the molecule is CC1OCCC1(CNC1CC1)Cc1cc(F)cc(F)c1. The molecule has 1 saturated heterocycles. The Labute approximate surface area is 118 Å². The van der Waals surface area contributed by atoms with Crippen molar-refractivity contribution in [2.75, 3.05) is 13.2 Å². The van der Waals surface area contributed by atoms with Crippen molar-refractivity contribution in [1.82, 2.24) is 5.32 Å². The molecule has 1 aromatic rings. The minimum absolute atomic E-state index is 0.0528. The van der Waals surface area contributed by atoms with Crippen LogP contribution in [-0.4, -0.2) is 25.3 Å². The Morgan fingerprint density at radius 1 is 1.25 bits per heavy atom. The third-order valence-corrected chi connectivity index (χ3v) is 4.63. The van der Waals surface area contributed by atoms with Crippen molar-refractivity contribution in [1.29, 1.82) is 0 Å². The topological polar surface area (TPSA) is 21.3 Å².